The molecule has 0 atom stereocenters. The predicted molar refractivity (Wildman–Crippen MR) is 84.4 cm³/mol. The van der Waals surface area contributed by atoms with Gasteiger partial charge >= 0.3 is 0 Å². The first-order valence-electron chi connectivity index (χ1n) is 7.18. The molecule has 0 aliphatic heterocycles. The highest BCUT2D eigenvalue weighted by Crippen LogP contribution is 2.39. The highest BCUT2D eigenvalue weighted by molar-refractivity contribution is 6.30. The van der Waals surface area contributed by atoms with Crippen molar-refractivity contribution in [1.82, 2.24) is 19.7 Å². The van der Waals surface area contributed by atoms with Crippen LogP contribution in [-0.4, -0.2) is 25.9 Å². The third kappa shape index (κ3) is 2.46. The van der Waals surface area contributed by atoms with Crippen molar-refractivity contribution in [3.8, 4) is 11.6 Å². The number of hydrogen-bond donors (Lipinski definition) is 1. The minimum absolute atomic E-state index is 0.0430. The van der Waals surface area contributed by atoms with Crippen LogP contribution in [0.5, 0.6) is 11.6 Å². The molecule has 0 spiro atoms. The van der Waals surface area contributed by atoms with Gasteiger partial charge in [0.1, 0.15) is 29.5 Å². The van der Waals surface area contributed by atoms with Crippen molar-refractivity contribution in [2.45, 2.75) is 25.1 Å². The molecule has 3 aromatic rings. The number of aromatic nitrogens is 4. The summed E-state index contributed by atoms with van der Waals surface area (Å²) in [5.74, 6) is 1.10. The standard InChI is InChI=1S/C15H13ClFN5O/c16-8-2-1-3-11(4-8)23-15-12-13(18)19-7-20-14(12)22(21-15)10-5-9(17)6-10/h1-4,7,9-10H,5-6H2,(H2,18,19,20). The summed E-state index contributed by atoms with van der Waals surface area (Å²) in [6, 6.07) is 6.91. The fraction of sp³-hybridized carbons (Fsp3) is 0.267. The van der Waals surface area contributed by atoms with Gasteiger partial charge in [0.05, 0.1) is 6.04 Å². The number of nitrogens with two attached hydrogens (primary N) is 1. The van der Waals surface area contributed by atoms with Gasteiger partial charge in [-0.25, -0.2) is 19.0 Å². The molecule has 0 amide bonds. The van der Waals surface area contributed by atoms with Gasteiger partial charge in [-0.15, -0.1) is 5.10 Å². The zero-order chi connectivity index (χ0) is 16.0. The molecule has 0 radical (unpaired) electrons. The maximum absolute atomic E-state index is 13.2. The first kappa shape index (κ1) is 14.2. The first-order valence-corrected chi connectivity index (χ1v) is 7.56. The largest absolute Gasteiger partial charge is 0.437 e. The molecule has 23 heavy (non-hydrogen) atoms. The number of alkyl halides is 1. The Hall–Kier alpha value is -2.41. The van der Waals surface area contributed by atoms with Crippen LogP contribution < -0.4 is 10.5 Å². The van der Waals surface area contributed by atoms with Gasteiger partial charge < -0.3 is 10.5 Å². The number of nitrogen functional groups attached to an aromatic ring is 1. The van der Waals surface area contributed by atoms with E-state index in [-0.39, 0.29) is 11.9 Å². The number of hydrogen-bond acceptors (Lipinski definition) is 5. The molecule has 1 saturated carbocycles. The molecular formula is C15H13ClFN5O. The second-order valence-corrected chi connectivity index (χ2v) is 5.93. The molecule has 0 bridgehead atoms. The van der Waals surface area contributed by atoms with E-state index in [0.29, 0.717) is 40.5 Å². The highest BCUT2D eigenvalue weighted by atomic mass is 35.5. The number of rotatable bonds is 3. The van der Waals surface area contributed by atoms with Crippen molar-refractivity contribution in [3.63, 3.8) is 0 Å². The number of nitrogens with zero attached hydrogens (tertiary/aromatic N) is 4. The van der Waals surface area contributed by atoms with Gasteiger partial charge in [-0.2, -0.15) is 0 Å². The molecule has 0 unspecified atom stereocenters. The summed E-state index contributed by atoms with van der Waals surface area (Å²) in [4.78, 5) is 8.22. The van der Waals surface area contributed by atoms with Crippen molar-refractivity contribution in [2.75, 3.05) is 5.73 Å². The van der Waals surface area contributed by atoms with Gasteiger partial charge in [-0.05, 0) is 18.2 Å². The Bertz CT molecular complexity index is 877. The van der Waals surface area contributed by atoms with Crippen LogP contribution in [0, 0.1) is 0 Å². The Labute approximate surface area is 136 Å². The lowest BCUT2D eigenvalue weighted by Gasteiger charge is -2.29. The third-order valence-corrected chi connectivity index (χ3v) is 4.13. The maximum Gasteiger partial charge on any atom is 0.251 e. The minimum Gasteiger partial charge on any atom is -0.437 e. The number of fused-ring (bicyclic) bond motifs is 1. The number of halogens is 2. The van der Waals surface area contributed by atoms with Crippen LogP contribution in [0.4, 0.5) is 10.2 Å². The lowest BCUT2D eigenvalue weighted by molar-refractivity contribution is 0.129. The average molecular weight is 334 g/mol. The number of ether oxygens (including phenoxy) is 1. The van der Waals surface area contributed by atoms with Crippen molar-refractivity contribution >= 4 is 28.5 Å². The highest BCUT2D eigenvalue weighted by Gasteiger charge is 2.33. The Morgan fingerprint density at radius 3 is 2.87 bits per heavy atom. The molecule has 118 valence electrons. The van der Waals surface area contributed by atoms with Crippen LogP contribution in [0.1, 0.15) is 18.9 Å². The van der Waals surface area contributed by atoms with Crippen LogP contribution >= 0.6 is 11.6 Å². The van der Waals surface area contributed by atoms with Crippen LogP contribution in [0.2, 0.25) is 5.02 Å². The van der Waals surface area contributed by atoms with E-state index in [0.717, 1.165) is 0 Å². The van der Waals surface area contributed by atoms with E-state index in [9.17, 15) is 4.39 Å². The predicted octanol–water partition coefficient (Wildman–Crippen LogP) is 3.53. The average Bonchev–Trinajstić information content (AvgIpc) is 2.84. The molecule has 0 saturated heterocycles. The van der Waals surface area contributed by atoms with Gasteiger partial charge in [0.2, 0.25) is 0 Å². The summed E-state index contributed by atoms with van der Waals surface area (Å²) in [5.41, 5.74) is 6.50. The zero-order valence-electron chi connectivity index (χ0n) is 12.0. The molecule has 8 heteroatoms. The molecule has 1 aliphatic carbocycles. The van der Waals surface area contributed by atoms with E-state index in [1.807, 2.05) is 0 Å². The zero-order valence-corrected chi connectivity index (χ0v) is 12.7. The van der Waals surface area contributed by atoms with E-state index in [1.54, 1.807) is 28.9 Å². The first-order chi connectivity index (χ1) is 11.1. The van der Waals surface area contributed by atoms with E-state index in [4.69, 9.17) is 22.1 Å². The summed E-state index contributed by atoms with van der Waals surface area (Å²) in [6.07, 6.45) is 1.40. The van der Waals surface area contributed by atoms with Gasteiger partial charge in [-0.3, -0.25) is 0 Å². The van der Waals surface area contributed by atoms with E-state index in [1.165, 1.54) is 6.33 Å². The van der Waals surface area contributed by atoms with Gasteiger partial charge in [-0.1, -0.05) is 17.7 Å². The number of anilines is 1. The molecule has 1 aliphatic rings. The molecule has 1 aromatic carbocycles. The van der Waals surface area contributed by atoms with E-state index < -0.39 is 6.17 Å². The number of benzene rings is 1. The lowest BCUT2D eigenvalue weighted by Crippen LogP contribution is -2.28. The summed E-state index contributed by atoms with van der Waals surface area (Å²) in [6.45, 7) is 0. The summed E-state index contributed by atoms with van der Waals surface area (Å²) < 4.78 is 20.7. The van der Waals surface area contributed by atoms with Crippen molar-refractivity contribution in [2.24, 2.45) is 0 Å². The fourth-order valence-electron chi connectivity index (χ4n) is 2.65. The Morgan fingerprint density at radius 1 is 1.30 bits per heavy atom. The van der Waals surface area contributed by atoms with Gasteiger partial charge in [0.15, 0.2) is 5.65 Å². The molecule has 2 aromatic heterocycles. The Morgan fingerprint density at radius 2 is 2.13 bits per heavy atom. The van der Waals surface area contributed by atoms with Gasteiger partial charge in [0, 0.05) is 17.9 Å². The van der Waals surface area contributed by atoms with E-state index in [2.05, 4.69) is 15.1 Å². The summed E-state index contributed by atoms with van der Waals surface area (Å²) in [5, 5.41) is 5.51. The third-order valence-electron chi connectivity index (χ3n) is 3.90. The van der Waals surface area contributed by atoms with Crippen molar-refractivity contribution in [1.29, 1.82) is 0 Å². The normalized spacial score (nSPS) is 20.4. The molecule has 2 N–H and O–H groups in total. The monoisotopic (exact) mass is 333 g/mol. The molecule has 2 heterocycles. The quantitative estimate of drug-likeness (QED) is 0.793. The second-order valence-electron chi connectivity index (χ2n) is 5.49. The summed E-state index contributed by atoms with van der Waals surface area (Å²) in [7, 11) is 0. The molecule has 6 nitrogen and oxygen atoms in total. The maximum atomic E-state index is 13.2. The van der Waals surface area contributed by atoms with Crippen molar-refractivity contribution < 1.29 is 9.13 Å². The summed E-state index contributed by atoms with van der Waals surface area (Å²) >= 11 is 5.97. The fourth-order valence-corrected chi connectivity index (χ4v) is 2.83. The molecular weight excluding hydrogens is 321 g/mol. The van der Waals surface area contributed by atoms with Crippen LogP contribution in [0.3, 0.4) is 0 Å². The minimum atomic E-state index is -0.796. The second kappa shape index (κ2) is 5.34. The van der Waals surface area contributed by atoms with Crippen LogP contribution in [0.25, 0.3) is 11.0 Å². The molecule has 1 fully saturated rings. The van der Waals surface area contributed by atoms with Crippen molar-refractivity contribution in [3.05, 3.63) is 35.6 Å². The Kier molecular flexibility index (Phi) is 3.30. The smallest absolute Gasteiger partial charge is 0.251 e. The van der Waals surface area contributed by atoms with Crippen LogP contribution in [0.15, 0.2) is 30.6 Å². The van der Waals surface area contributed by atoms with E-state index >= 15 is 0 Å². The topological polar surface area (TPSA) is 78.8 Å². The SMILES string of the molecule is Nc1ncnc2c1c(Oc1cccc(Cl)c1)nn2C1CC(F)C1. The Balaban J connectivity index is 1.79. The van der Waals surface area contributed by atoms with Gasteiger partial charge in [0.25, 0.3) is 5.88 Å². The molecule has 4 rings (SSSR count). The van der Waals surface area contributed by atoms with Crippen LogP contribution in [-0.2, 0) is 0 Å². The lowest BCUT2D eigenvalue weighted by atomic mass is 9.91.